The van der Waals surface area contributed by atoms with Crippen LogP contribution < -0.4 is 5.32 Å². The highest BCUT2D eigenvalue weighted by Crippen LogP contribution is 2.38. The highest BCUT2D eigenvalue weighted by atomic mass is 79.9. The Labute approximate surface area is 174 Å². The van der Waals surface area contributed by atoms with Crippen molar-refractivity contribution in [1.82, 2.24) is 9.97 Å². The monoisotopic (exact) mass is 453 g/mol. The maximum Gasteiger partial charge on any atom is 0.337 e. The number of aromatic carboxylic acids is 1. The number of carbonyl (C=O) groups is 1. The average Bonchev–Trinajstić information content (AvgIpc) is 3.10. The van der Waals surface area contributed by atoms with Crippen LogP contribution in [-0.4, -0.2) is 21.0 Å². The number of carboxylic acids is 1. The van der Waals surface area contributed by atoms with E-state index < -0.39 is 5.97 Å². The minimum atomic E-state index is -1.01. The minimum absolute atomic E-state index is 0.170. The molecular formula is C21H16BrN3O2S. The Bertz CT molecular complexity index is 1220. The summed E-state index contributed by atoms with van der Waals surface area (Å²) < 4.78 is 0.703. The standard InChI is InChI=1S/C21H16BrN3O2S/c1-11-3-4-13(7-12(11)2)16-9-28-20-18(16)19(23-10-24-20)25-17-6-5-14(22)8-15(17)21(26)27/h3-10H,1-2H3,(H,26,27)(H,23,24,25). The van der Waals surface area contributed by atoms with Crippen LogP contribution in [0.1, 0.15) is 21.5 Å². The molecule has 5 nitrogen and oxygen atoms in total. The first-order valence-electron chi connectivity index (χ1n) is 8.53. The fraction of sp³-hybridized carbons (Fsp3) is 0.0952. The molecule has 2 N–H and O–H groups in total. The zero-order valence-corrected chi connectivity index (χ0v) is 17.6. The van der Waals surface area contributed by atoms with Crippen LogP contribution >= 0.6 is 27.3 Å². The van der Waals surface area contributed by atoms with Gasteiger partial charge in [-0.1, -0.05) is 34.1 Å². The van der Waals surface area contributed by atoms with Crippen molar-refractivity contribution in [3.8, 4) is 11.1 Å². The lowest BCUT2D eigenvalue weighted by atomic mass is 10.0. The van der Waals surface area contributed by atoms with Crippen LogP contribution in [0, 0.1) is 13.8 Å². The van der Waals surface area contributed by atoms with Crippen LogP contribution in [0.15, 0.2) is 52.6 Å². The molecule has 0 unspecified atom stereocenters. The summed E-state index contributed by atoms with van der Waals surface area (Å²) >= 11 is 4.86. The first kappa shape index (κ1) is 18.6. The van der Waals surface area contributed by atoms with E-state index in [1.54, 1.807) is 29.5 Å². The van der Waals surface area contributed by atoms with Crippen LogP contribution in [0.25, 0.3) is 21.3 Å². The molecule has 0 atom stereocenters. The number of halogens is 1. The van der Waals surface area contributed by atoms with Crippen LogP contribution in [0.3, 0.4) is 0 Å². The van der Waals surface area contributed by atoms with E-state index in [-0.39, 0.29) is 5.56 Å². The van der Waals surface area contributed by atoms with Crippen molar-refractivity contribution in [1.29, 1.82) is 0 Å². The topological polar surface area (TPSA) is 75.1 Å². The lowest BCUT2D eigenvalue weighted by Crippen LogP contribution is -2.04. The van der Waals surface area contributed by atoms with Crippen molar-refractivity contribution in [3.63, 3.8) is 0 Å². The van der Waals surface area contributed by atoms with Gasteiger partial charge in [-0.3, -0.25) is 0 Å². The largest absolute Gasteiger partial charge is 0.478 e. The van der Waals surface area contributed by atoms with Crippen molar-refractivity contribution in [2.45, 2.75) is 13.8 Å². The first-order chi connectivity index (χ1) is 13.4. The number of rotatable bonds is 4. The van der Waals surface area contributed by atoms with E-state index in [9.17, 15) is 9.90 Å². The molecule has 0 fully saturated rings. The molecule has 28 heavy (non-hydrogen) atoms. The average molecular weight is 454 g/mol. The number of nitrogens with one attached hydrogen (secondary N) is 1. The van der Waals surface area contributed by atoms with Crippen molar-refractivity contribution >= 4 is 55.0 Å². The Hall–Kier alpha value is -2.77. The Kier molecular flexibility index (Phi) is 4.87. The van der Waals surface area contributed by atoms with Gasteiger partial charge < -0.3 is 10.4 Å². The normalized spacial score (nSPS) is 11.0. The predicted octanol–water partition coefficient (Wildman–Crippen LogP) is 6.18. The maximum absolute atomic E-state index is 11.6. The zero-order valence-electron chi connectivity index (χ0n) is 15.2. The maximum atomic E-state index is 11.6. The molecule has 140 valence electrons. The van der Waals surface area contributed by atoms with Gasteiger partial charge in [0.2, 0.25) is 0 Å². The molecule has 2 heterocycles. The molecule has 4 rings (SSSR count). The van der Waals surface area contributed by atoms with E-state index in [1.807, 2.05) is 0 Å². The van der Waals surface area contributed by atoms with E-state index >= 15 is 0 Å². The van der Waals surface area contributed by atoms with Gasteiger partial charge in [-0.25, -0.2) is 14.8 Å². The quantitative estimate of drug-likeness (QED) is 0.385. The summed E-state index contributed by atoms with van der Waals surface area (Å²) in [5, 5.41) is 15.7. The molecule has 0 aliphatic rings. The summed E-state index contributed by atoms with van der Waals surface area (Å²) in [7, 11) is 0. The van der Waals surface area contributed by atoms with Gasteiger partial charge in [0, 0.05) is 15.4 Å². The highest BCUT2D eigenvalue weighted by molar-refractivity contribution is 9.10. The van der Waals surface area contributed by atoms with Gasteiger partial charge in [-0.2, -0.15) is 0 Å². The van der Waals surface area contributed by atoms with Gasteiger partial charge in [-0.05, 0) is 48.7 Å². The van der Waals surface area contributed by atoms with Crippen molar-refractivity contribution in [3.05, 3.63) is 69.3 Å². The molecule has 0 spiro atoms. The second kappa shape index (κ2) is 7.33. The second-order valence-corrected chi connectivity index (χ2v) is 8.24. The summed E-state index contributed by atoms with van der Waals surface area (Å²) in [6.45, 7) is 4.17. The van der Waals surface area contributed by atoms with Gasteiger partial charge >= 0.3 is 5.97 Å². The number of fused-ring (bicyclic) bond motifs is 1. The molecule has 0 saturated carbocycles. The van der Waals surface area contributed by atoms with Gasteiger partial charge in [0.15, 0.2) is 0 Å². The number of aryl methyl sites for hydroxylation is 2. The van der Waals surface area contributed by atoms with Gasteiger partial charge in [-0.15, -0.1) is 11.3 Å². The molecular weight excluding hydrogens is 438 g/mol. The number of carboxylic acid groups (broad SMARTS) is 1. The number of nitrogens with zero attached hydrogens (tertiary/aromatic N) is 2. The number of aromatic nitrogens is 2. The van der Waals surface area contributed by atoms with E-state index in [4.69, 9.17) is 0 Å². The number of hydrogen-bond acceptors (Lipinski definition) is 5. The van der Waals surface area contributed by atoms with Crippen LogP contribution in [-0.2, 0) is 0 Å². The van der Waals surface area contributed by atoms with E-state index in [2.05, 4.69) is 68.6 Å². The molecule has 0 amide bonds. The predicted molar refractivity (Wildman–Crippen MR) is 117 cm³/mol. The van der Waals surface area contributed by atoms with Crippen molar-refractivity contribution in [2.24, 2.45) is 0 Å². The fourth-order valence-corrected chi connectivity index (χ4v) is 4.30. The number of thiophene rings is 1. The highest BCUT2D eigenvalue weighted by Gasteiger charge is 2.16. The number of anilines is 2. The second-order valence-electron chi connectivity index (χ2n) is 6.47. The van der Waals surface area contributed by atoms with Crippen molar-refractivity contribution in [2.75, 3.05) is 5.32 Å². The molecule has 2 aromatic carbocycles. The Balaban J connectivity index is 1.86. The summed E-state index contributed by atoms with van der Waals surface area (Å²) in [4.78, 5) is 21.3. The van der Waals surface area contributed by atoms with E-state index in [0.29, 0.717) is 16.0 Å². The van der Waals surface area contributed by atoms with Gasteiger partial charge in [0.05, 0.1) is 16.6 Å². The Morgan fingerprint density at radius 3 is 2.68 bits per heavy atom. The molecule has 7 heteroatoms. The van der Waals surface area contributed by atoms with E-state index in [1.165, 1.54) is 17.5 Å². The van der Waals surface area contributed by atoms with Crippen LogP contribution in [0.2, 0.25) is 0 Å². The molecule has 4 aromatic rings. The molecule has 0 aliphatic heterocycles. The lowest BCUT2D eigenvalue weighted by Gasteiger charge is -2.12. The molecule has 0 bridgehead atoms. The van der Waals surface area contributed by atoms with Crippen LogP contribution in [0.4, 0.5) is 11.5 Å². The lowest BCUT2D eigenvalue weighted by molar-refractivity contribution is 0.0698. The summed E-state index contributed by atoms with van der Waals surface area (Å²) in [6, 6.07) is 11.4. The zero-order chi connectivity index (χ0) is 19.8. The minimum Gasteiger partial charge on any atom is -0.478 e. The smallest absolute Gasteiger partial charge is 0.337 e. The SMILES string of the molecule is Cc1ccc(-c2csc3ncnc(Nc4ccc(Br)cc4C(=O)O)c23)cc1C. The Morgan fingerprint density at radius 2 is 1.93 bits per heavy atom. The van der Waals surface area contributed by atoms with Gasteiger partial charge in [0.25, 0.3) is 0 Å². The third-order valence-electron chi connectivity index (χ3n) is 4.65. The van der Waals surface area contributed by atoms with Crippen molar-refractivity contribution < 1.29 is 9.90 Å². The molecule has 2 aromatic heterocycles. The first-order valence-corrected chi connectivity index (χ1v) is 10.2. The molecule has 0 radical (unpaired) electrons. The third kappa shape index (κ3) is 3.39. The summed E-state index contributed by atoms with van der Waals surface area (Å²) in [6.07, 6.45) is 1.49. The fourth-order valence-electron chi connectivity index (χ4n) is 3.02. The molecule has 0 saturated heterocycles. The number of benzene rings is 2. The third-order valence-corrected chi connectivity index (χ3v) is 6.03. The van der Waals surface area contributed by atoms with Crippen LogP contribution in [0.5, 0.6) is 0 Å². The van der Waals surface area contributed by atoms with Gasteiger partial charge in [0.1, 0.15) is 17.0 Å². The summed E-state index contributed by atoms with van der Waals surface area (Å²) in [5.41, 5.74) is 5.21. The van der Waals surface area contributed by atoms with E-state index in [0.717, 1.165) is 21.3 Å². The summed E-state index contributed by atoms with van der Waals surface area (Å²) in [5.74, 6) is -0.418. The Morgan fingerprint density at radius 1 is 1.11 bits per heavy atom. The molecule has 0 aliphatic carbocycles. The number of hydrogen-bond donors (Lipinski definition) is 2.